The van der Waals surface area contributed by atoms with Crippen molar-refractivity contribution in [2.24, 2.45) is 10.9 Å². The number of methoxy groups -OCH3 is 1. The number of nitrogens with zero attached hydrogens (tertiary/aromatic N) is 2. The maximum atomic E-state index is 6.27. The lowest BCUT2D eigenvalue weighted by Crippen LogP contribution is -2.44. The van der Waals surface area contributed by atoms with Gasteiger partial charge in [-0.2, -0.15) is 0 Å². The average Bonchev–Trinajstić information content (AvgIpc) is 2.74. The molecule has 2 aromatic rings. The van der Waals surface area contributed by atoms with Crippen LogP contribution in [0.1, 0.15) is 35.6 Å². The minimum atomic E-state index is 0. The molecule has 170 valence electrons. The van der Waals surface area contributed by atoms with Gasteiger partial charge in [0.2, 0.25) is 0 Å². The molecule has 0 radical (unpaired) electrons. The van der Waals surface area contributed by atoms with Crippen LogP contribution in [-0.4, -0.2) is 45.2 Å². The van der Waals surface area contributed by atoms with Crippen LogP contribution in [0.15, 0.2) is 53.5 Å². The van der Waals surface area contributed by atoms with E-state index in [1.807, 2.05) is 19.2 Å². The zero-order valence-electron chi connectivity index (χ0n) is 18.6. The topological polar surface area (TPSA) is 48.9 Å². The van der Waals surface area contributed by atoms with Gasteiger partial charge in [-0.3, -0.25) is 9.89 Å². The number of benzene rings is 2. The molecule has 0 aromatic heterocycles. The predicted octanol–water partition coefficient (Wildman–Crippen LogP) is 4.85. The van der Waals surface area contributed by atoms with Gasteiger partial charge in [0.1, 0.15) is 0 Å². The summed E-state index contributed by atoms with van der Waals surface area (Å²) in [7, 11) is 5.74. The Bertz CT molecular complexity index is 848. The molecular weight excluding hydrogens is 523 g/mol. The van der Waals surface area contributed by atoms with Crippen LogP contribution in [-0.2, 0) is 17.9 Å². The van der Waals surface area contributed by atoms with Gasteiger partial charge in [0.25, 0.3) is 0 Å². The van der Waals surface area contributed by atoms with Crippen LogP contribution in [0.4, 0.5) is 0 Å². The number of halogens is 2. The van der Waals surface area contributed by atoms with Crippen LogP contribution in [0.2, 0.25) is 5.02 Å². The number of likely N-dealkylation sites (tertiary alicyclic amines) is 1. The monoisotopic (exact) mass is 556 g/mol. The molecule has 0 bridgehead atoms. The van der Waals surface area contributed by atoms with E-state index in [1.165, 1.54) is 29.5 Å². The van der Waals surface area contributed by atoms with E-state index in [0.29, 0.717) is 18.6 Å². The standard InChI is InChI=1S/C24H33ClN4O.HI/c1-26-24(27-15-18-7-4-8-19(13-18)17-30-3)28-16-21-10-6-12-29(2)23(21)20-9-5-11-22(25)14-20;/h4-5,7-9,11,13-14,21,23H,6,10,12,15-17H2,1-3H3,(H2,26,27,28);1H. The molecule has 1 aliphatic heterocycles. The molecule has 1 heterocycles. The summed E-state index contributed by atoms with van der Waals surface area (Å²) in [5.41, 5.74) is 3.67. The molecule has 5 nitrogen and oxygen atoms in total. The van der Waals surface area contributed by atoms with Crippen LogP contribution in [0.25, 0.3) is 0 Å². The third kappa shape index (κ3) is 7.63. The first-order chi connectivity index (χ1) is 14.6. The van der Waals surface area contributed by atoms with Crippen molar-refractivity contribution in [1.82, 2.24) is 15.5 Å². The highest BCUT2D eigenvalue weighted by atomic mass is 127. The molecule has 1 saturated heterocycles. The molecule has 31 heavy (non-hydrogen) atoms. The minimum Gasteiger partial charge on any atom is -0.380 e. The molecule has 0 spiro atoms. The number of rotatable bonds is 7. The SMILES string of the molecule is CN=C(NCc1cccc(COC)c1)NCC1CCCN(C)C1c1cccc(Cl)c1.I. The fourth-order valence-corrected chi connectivity index (χ4v) is 4.52. The normalized spacial score (nSPS) is 19.5. The Kier molecular flexibility index (Phi) is 11.1. The van der Waals surface area contributed by atoms with Gasteiger partial charge in [-0.05, 0) is 61.2 Å². The lowest BCUT2D eigenvalue weighted by atomic mass is 9.85. The Morgan fingerprint density at radius 1 is 1.16 bits per heavy atom. The van der Waals surface area contributed by atoms with E-state index in [1.54, 1.807) is 7.11 Å². The summed E-state index contributed by atoms with van der Waals surface area (Å²) >= 11 is 6.27. The lowest BCUT2D eigenvalue weighted by Gasteiger charge is -2.40. The Balaban J connectivity index is 0.00000341. The minimum absolute atomic E-state index is 0. The van der Waals surface area contributed by atoms with Crippen LogP contribution in [0.3, 0.4) is 0 Å². The summed E-state index contributed by atoms with van der Waals surface area (Å²) in [4.78, 5) is 6.86. The third-order valence-corrected chi connectivity index (χ3v) is 5.95. The van der Waals surface area contributed by atoms with E-state index < -0.39 is 0 Å². The lowest BCUT2D eigenvalue weighted by molar-refractivity contribution is 0.122. The molecule has 1 fully saturated rings. The zero-order chi connectivity index (χ0) is 21.3. The Hall–Kier alpha value is -1.35. The van der Waals surface area contributed by atoms with E-state index in [9.17, 15) is 0 Å². The van der Waals surface area contributed by atoms with Crippen molar-refractivity contribution in [3.05, 3.63) is 70.2 Å². The highest BCUT2D eigenvalue weighted by Gasteiger charge is 2.30. The number of nitrogens with one attached hydrogen (secondary N) is 2. The Morgan fingerprint density at radius 2 is 1.94 bits per heavy atom. The smallest absolute Gasteiger partial charge is 0.191 e. The summed E-state index contributed by atoms with van der Waals surface area (Å²) in [5.74, 6) is 1.32. The van der Waals surface area contributed by atoms with Crippen molar-refractivity contribution in [1.29, 1.82) is 0 Å². The summed E-state index contributed by atoms with van der Waals surface area (Å²) in [5, 5.41) is 7.77. The highest BCUT2D eigenvalue weighted by Crippen LogP contribution is 2.35. The van der Waals surface area contributed by atoms with Gasteiger partial charge in [0, 0.05) is 38.3 Å². The van der Waals surface area contributed by atoms with Gasteiger partial charge in [0.05, 0.1) is 6.61 Å². The maximum absolute atomic E-state index is 6.27. The van der Waals surface area contributed by atoms with Crippen LogP contribution < -0.4 is 10.6 Å². The first-order valence-electron chi connectivity index (χ1n) is 10.6. The highest BCUT2D eigenvalue weighted by molar-refractivity contribution is 14.0. The summed E-state index contributed by atoms with van der Waals surface area (Å²) in [6.07, 6.45) is 2.39. The number of guanidine groups is 1. The second-order valence-corrected chi connectivity index (χ2v) is 8.38. The molecule has 0 amide bonds. The molecule has 3 rings (SSSR count). The quantitative estimate of drug-likeness (QED) is 0.291. The first-order valence-corrected chi connectivity index (χ1v) is 11.0. The molecule has 1 aliphatic rings. The van der Waals surface area contributed by atoms with Crippen molar-refractivity contribution in [3.63, 3.8) is 0 Å². The second kappa shape index (κ2) is 13.3. The van der Waals surface area contributed by atoms with Gasteiger partial charge >= 0.3 is 0 Å². The number of hydrogen-bond donors (Lipinski definition) is 2. The molecule has 2 unspecified atom stereocenters. The molecule has 2 N–H and O–H groups in total. The largest absolute Gasteiger partial charge is 0.380 e. The van der Waals surface area contributed by atoms with Crippen LogP contribution in [0.5, 0.6) is 0 Å². The maximum Gasteiger partial charge on any atom is 0.191 e. The van der Waals surface area contributed by atoms with Crippen molar-refractivity contribution < 1.29 is 4.74 Å². The van der Waals surface area contributed by atoms with Gasteiger partial charge < -0.3 is 15.4 Å². The molecular formula is C24H34ClIN4O. The van der Waals surface area contributed by atoms with E-state index >= 15 is 0 Å². The molecule has 0 aliphatic carbocycles. The molecule has 2 atom stereocenters. The number of aliphatic imine (C=N–C) groups is 1. The van der Waals surface area contributed by atoms with Crippen LogP contribution >= 0.6 is 35.6 Å². The van der Waals surface area contributed by atoms with Gasteiger partial charge in [-0.25, -0.2) is 0 Å². The molecule has 2 aromatic carbocycles. The number of hydrogen-bond acceptors (Lipinski definition) is 3. The van der Waals surface area contributed by atoms with Crippen molar-refractivity contribution >= 4 is 41.5 Å². The van der Waals surface area contributed by atoms with Gasteiger partial charge in [0.15, 0.2) is 5.96 Å². The number of piperidine rings is 1. The van der Waals surface area contributed by atoms with Gasteiger partial charge in [-0.15, -0.1) is 24.0 Å². The van der Waals surface area contributed by atoms with E-state index in [0.717, 1.165) is 30.6 Å². The third-order valence-electron chi connectivity index (χ3n) is 5.71. The summed E-state index contributed by atoms with van der Waals surface area (Å²) < 4.78 is 5.23. The molecule has 7 heteroatoms. The van der Waals surface area contributed by atoms with Gasteiger partial charge in [-0.1, -0.05) is 48.0 Å². The van der Waals surface area contributed by atoms with Crippen molar-refractivity contribution in [2.45, 2.75) is 32.0 Å². The predicted molar refractivity (Wildman–Crippen MR) is 140 cm³/mol. The van der Waals surface area contributed by atoms with E-state index in [4.69, 9.17) is 16.3 Å². The van der Waals surface area contributed by atoms with Crippen molar-refractivity contribution in [2.75, 3.05) is 34.3 Å². The second-order valence-electron chi connectivity index (χ2n) is 7.94. The number of ether oxygens (including phenoxy) is 1. The molecule has 0 saturated carbocycles. The summed E-state index contributed by atoms with van der Waals surface area (Å²) in [6.45, 7) is 3.32. The Morgan fingerprint density at radius 3 is 2.68 bits per heavy atom. The summed E-state index contributed by atoms with van der Waals surface area (Å²) in [6, 6.07) is 17.0. The fourth-order valence-electron chi connectivity index (χ4n) is 4.32. The first kappa shape index (κ1) is 25.9. The van der Waals surface area contributed by atoms with Crippen LogP contribution in [0, 0.1) is 5.92 Å². The zero-order valence-corrected chi connectivity index (χ0v) is 21.7. The van der Waals surface area contributed by atoms with Crippen molar-refractivity contribution in [3.8, 4) is 0 Å². The Labute approximate surface area is 208 Å². The van der Waals surface area contributed by atoms with E-state index in [2.05, 4.69) is 64.0 Å². The fraction of sp³-hybridized carbons (Fsp3) is 0.458. The average molecular weight is 557 g/mol. The van der Waals surface area contributed by atoms with E-state index in [-0.39, 0.29) is 24.0 Å².